The number of benzene rings is 1. The van der Waals surface area contributed by atoms with E-state index in [1.807, 2.05) is 20.8 Å². The Morgan fingerprint density at radius 2 is 1.86 bits per heavy atom. The highest BCUT2D eigenvalue weighted by Gasteiger charge is 2.35. The van der Waals surface area contributed by atoms with Gasteiger partial charge >= 0.3 is 6.09 Å². The summed E-state index contributed by atoms with van der Waals surface area (Å²) in [5.74, 6) is 0. The third-order valence-corrected chi connectivity index (χ3v) is 3.95. The maximum Gasteiger partial charge on any atom is 0.407 e. The third-order valence-electron chi connectivity index (χ3n) is 3.95. The van der Waals surface area contributed by atoms with Gasteiger partial charge in [0.2, 0.25) is 0 Å². The van der Waals surface area contributed by atoms with Crippen molar-refractivity contribution in [3.63, 3.8) is 0 Å². The van der Waals surface area contributed by atoms with E-state index in [1.54, 1.807) is 0 Å². The van der Waals surface area contributed by atoms with Crippen molar-refractivity contribution in [2.24, 2.45) is 0 Å². The van der Waals surface area contributed by atoms with E-state index < -0.39 is 5.60 Å². The molecule has 1 N–H and O–H groups in total. The van der Waals surface area contributed by atoms with E-state index in [2.05, 4.69) is 38.2 Å². The van der Waals surface area contributed by atoms with Gasteiger partial charge in [0.1, 0.15) is 11.7 Å². The van der Waals surface area contributed by atoms with Gasteiger partial charge in [0.25, 0.3) is 0 Å². The molecule has 0 aromatic heterocycles. The quantitative estimate of drug-likeness (QED) is 0.867. The monoisotopic (exact) mass is 305 g/mol. The Morgan fingerprint density at radius 1 is 1.32 bits per heavy atom. The lowest BCUT2D eigenvalue weighted by molar-refractivity contribution is 0.0495. The normalized spacial score (nSPS) is 18.7. The van der Waals surface area contributed by atoms with Crippen LogP contribution < -0.4 is 5.32 Å². The molecule has 1 aliphatic heterocycles. The zero-order valence-electron chi connectivity index (χ0n) is 14.4. The Kier molecular flexibility index (Phi) is 4.81. The molecule has 0 radical (unpaired) electrons. The molecular formula is C18H27NO3. The van der Waals surface area contributed by atoms with Crippen LogP contribution in [0.3, 0.4) is 0 Å². The highest BCUT2D eigenvalue weighted by molar-refractivity contribution is 5.68. The van der Waals surface area contributed by atoms with E-state index in [-0.39, 0.29) is 18.2 Å². The molecule has 2 unspecified atom stereocenters. The van der Waals surface area contributed by atoms with Gasteiger partial charge in [-0.15, -0.1) is 0 Å². The summed E-state index contributed by atoms with van der Waals surface area (Å²) in [5.41, 5.74) is 4.61. The summed E-state index contributed by atoms with van der Waals surface area (Å²) in [6.07, 6.45) is 0.467. The summed E-state index contributed by atoms with van der Waals surface area (Å²) in [6, 6.07) is 4.33. The van der Waals surface area contributed by atoms with Crippen LogP contribution in [0.25, 0.3) is 0 Å². The zero-order valence-corrected chi connectivity index (χ0v) is 14.4. The van der Waals surface area contributed by atoms with Crippen LogP contribution in [0.2, 0.25) is 0 Å². The zero-order chi connectivity index (χ0) is 16.5. The predicted octanol–water partition coefficient (Wildman–Crippen LogP) is 3.45. The summed E-state index contributed by atoms with van der Waals surface area (Å²) in [5, 5.41) is 2.95. The molecule has 0 saturated carbocycles. The van der Waals surface area contributed by atoms with Crippen LogP contribution in [0.4, 0.5) is 4.79 Å². The minimum atomic E-state index is -0.490. The maximum atomic E-state index is 12.0. The van der Waals surface area contributed by atoms with Gasteiger partial charge in [-0.25, -0.2) is 4.79 Å². The van der Waals surface area contributed by atoms with Crippen molar-refractivity contribution in [2.45, 2.75) is 65.7 Å². The second kappa shape index (κ2) is 6.29. The molecule has 1 saturated heterocycles. The van der Waals surface area contributed by atoms with Gasteiger partial charge in [-0.2, -0.15) is 0 Å². The van der Waals surface area contributed by atoms with Gasteiger partial charge in [-0.05, 0) is 70.2 Å². The van der Waals surface area contributed by atoms with Crippen molar-refractivity contribution in [3.8, 4) is 0 Å². The second-order valence-corrected chi connectivity index (χ2v) is 7.18. The van der Waals surface area contributed by atoms with Crippen LogP contribution in [-0.2, 0) is 15.9 Å². The number of carbonyl (C=O) groups is 1. The molecule has 1 fully saturated rings. The van der Waals surface area contributed by atoms with Crippen LogP contribution >= 0.6 is 0 Å². The van der Waals surface area contributed by atoms with Gasteiger partial charge in [0.15, 0.2) is 0 Å². The first-order valence-electron chi connectivity index (χ1n) is 7.83. The van der Waals surface area contributed by atoms with Crippen LogP contribution in [0.1, 0.15) is 43.0 Å². The fourth-order valence-electron chi connectivity index (χ4n) is 2.52. The lowest BCUT2D eigenvalue weighted by Gasteiger charge is -2.23. The van der Waals surface area contributed by atoms with Gasteiger partial charge in [0.05, 0.1) is 12.6 Å². The lowest BCUT2D eigenvalue weighted by Crippen LogP contribution is -2.43. The Balaban J connectivity index is 2.05. The molecule has 1 amide bonds. The first-order valence-corrected chi connectivity index (χ1v) is 7.83. The van der Waals surface area contributed by atoms with Crippen molar-refractivity contribution in [2.75, 3.05) is 6.61 Å². The Bertz CT molecular complexity index is 533. The molecule has 122 valence electrons. The van der Waals surface area contributed by atoms with Crippen LogP contribution in [0.5, 0.6) is 0 Å². The van der Waals surface area contributed by atoms with Crippen molar-refractivity contribution < 1.29 is 14.3 Å². The first kappa shape index (κ1) is 16.8. The smallest absolute Gasteiger partial charge is 0.407 e. The second-order valence-electron chi connectivity index (χ2n) is 7.18. The highest BCUT2D eigenvalue weighted by Crippen LogP contribution is 2.22. The lowest BCUT2D eigenvalue weighted by atomic mass is 9.96. The standard InChI is InChI=1S/C18H27NO3/c1-11-7-14(8-12(2)13(11)3)9-15(16-10-21-16)19-17(20)22-18(4,5)6/h7-8,15-16H,9-10H2,1-6H3,(H,19,20). The molecule has 1 aromatic carbocycles. The molecule has 0 bridgehead atoms. The summed E-state index contributed by atoms with van der Waals surface area (Å²) in [6.45, 7) is 12.7. The number of alkyl carbamates (subject to hydrolysis) is 1. The molecule has 4 heteroatoms. The number of hydrogen-bond acceptors (Lipinski definition) is 3. The number of hydrogen-bond donors (Lipinski definition) is 1. The Morgan fingerprint density at radius 3 is 2.32 bits per heavy atom. The van der Waals surface area contributed by atoms with Crippen molar-refractivity contribution in [1.29, 1.82) is 0 Å². The minimum Gasteiger partial charge on any atom is -0.444 e. The van der Waals surface area contributed by atoms with Crippen LogP contribution in [0.15, 0.2) is 12.1 Å². The van der Waals surface area contributed by atoms with E-state index in [4.69, 9.17) is 9.47 Å². The van der Waals surface area contributed by atoms with Crippen LogP contribution in [-0.4, -0.2) is 30.4 Å². The number of amides is 1. The summed E-state index contributed by atoms with van der Waals surface area (Å²) in [7, 11) is 0. The maximum absolute atomic E-state index is 12.0. The largest absolute Gasteiger partial charge is 0.444 e. The van der Waals surface area contributed by atoms with Gasteiger partial charge in [-0.1, -0.05) is 12.1 Å². The van der Waals surface area contributed by atoms with Gasteiger partial charge in [-0.3, -0.25) is 0 Å². The Hall–Kier alpha value is -1.55. The van der Waals surface area contributed by atoms with E-state index >= 15 is 0 Å². The number of rotatable bonds is 4. The molecule has 2 rings (SSSR count). The SMILES string of the molecule is Cc1cc(CC(NC(=O)OC(C)(C)C)C2CO2)cc(C)c1C. The molecule has 0 aliphatic carbocycles. The minimum absolute atomic E-state index is 0.0450. The molecule has 2 atom stereocenters. The molecule has 1 aromatic rings. The fraction of sp³-hybridized carbons (Fsp3) is 0.611. The van der Waals surface area contributed by atoms with E-state index in [9.17, 15) is 4.79 Å². The summed E-state index contributed by atoms with van der Waals surface area (Å²) >= 11 is 0. The molecule has 22 heavy (non-hydrogen) atoms. The predicted molar refractivity (Wildman–Crippen MR) is 87.3 cm³/mol. The summed E-state index contributed by atoms with van der Waals surface area (Å²) < 4.78 is 10.7. The van der Waals surface area contributed by atoms with Crippen molar-refractivity contribution in [3.05, 3.63) is 34.4 Å². The number of epoxide rings is 1. The molecule has 1 heterocycles. The van der Waals surface area contributed by atoms with Crippen molar-refractivity contribution >= 4 is 6.09 Å². The van der Waals surface area contributed by atoms with Crippen LogP contribution in [0, 0.1) is 20.8 Å². The highest BCUT2D eigenvalue weighted by atomic mass is 16.6. The van der Waals surface area contributed by atoms with E-state index in [0.29, 0.717) is 6.61 Å². The average molecular weight is 305 g/mol. The van der Waals surface area contributed by atoms with Gasteiger partial charge < -0.3 is 14.8 Å². The molecule has 0 spiro atoms. The van der Waals surface area contributed by atoms with Gasteiger partial charge in [0, 0.05) is 0 Å². The Labute approximate surface area is 133 Å². The number of carbonyl (C=O) groups excluding carboxylic acids is 1. The first-order chi connectivity index (χ1) is 10.2. The summed E-state index contributed by atoms with van der Waals surface area (Å²) in [4.78, 5) is 12.0. The topological polar surface area (TPSA) is 50.9 Å². The fourth-order valence-corrected chi connectivity index (χ4v) is 2.52. The van der Waals surface area contributed by atoms with E-state index in [0.717, 1.165) is 6.42 Å². The molecule has 1 aliphatic rings. The van der Waals surface area contributed by atoms with E-state index in [1.165, 1.54) is 22.3 Å². The number of ether oxygens (including phenoxy) is 2. The third kappa shape index (κ3) is 4.73. The number of aryl methyl sites for hydroxylation is 2. The van der Waals surface area contributed by atoms with Crippen molar-refractivity contribution in [1.82, 2.24) is 5.32 Å². The average Bonchev–Trinajstić information content (AvgIpc) is 3.16. The molecule has 4 nitrogen and oxygen atoms in total. The number of nitrogens with one attached hydrogen (secondary N) is 1. The molecular weight excluding hydrogens is 278 g/mol.